The Labute approximate surface area is 234 Å². The molecule has 0 fully saturated rings. The van der Waals surface area contributed by atoms with Gasteiger partial charge in [0.1, 0.15) is 11.2 Å². The second kappa shape index (κ2) is 9.01. The van der Waals surface area contributed by atoms with Gasteiger partial charge in [-0.2, -0.15) is 0 Å². The molecule has 8 aromatic rings. The molecule has 2 heterocycles. The minimum Gasteiger partial charge on any atom is -0.456 e. The van der Waals surface area contributed by atoms with Crippen LogP contribution in [-0.4, -0.2) is 15.0 Å². The number of hydrogen-bond acceptors (Lipinski definition) is 4. The summed E-state index contributed by atoms with van der Waals surface area (Å²) in [4.78, 5) is 15.2. The molecule has 0 aliphatic heterocycles. The van der Waals surface area contributed by atoms with Crippen LogP contribution in [0.4, 0.5) is 0 Å². The highest BCUT2D eigenvalue weighted by atomic mass is 35.5. The first-order valence-electron chi connectivity index (χ1n) is 13.1. The quantitative estimate of drug-likeness (QED) is 0.227. The van der Waals surface area contributed by atoms with Crippen LogP contribution in [0.5, 0.6) is 0 Å². The molecule has 0 spiro atoms. The van der Waals surface area contributed by atoms with E-state index in [0.29, 0.717) is 22.5 Å². The van der Waals surface area contributed by atoms with Crippen molar-refractivity contribution in [1.29, 1.82) is 0 Å². The van der Waals surface area contributed by atoms with E-state index >= 15 is 0 Å². The Bertz CT molecular complexity index is 2250. The molecule has 0 saturated heterocycles. The van der Waals surface area contributed by atoms with Gasteiger partial charge in [0.25, 0.3) is 0 Å². The zero-order valence-electron chi connectivity index (χ0n) is 21.2. The lowest BCUT2D eigenvalue weighted by molar-refractivity contribution is 0.669. The number of halogens is 1. The topological polar surface area (TPSA) is 51.8 Å². The summed E-state index contributed by atoms with van der Waals surface area (Å²) in [5.41, 5.74) is 4.38. The van der Waals surface area contributed by atoms with E-state index in [9.17, 15) is 0 Å². The molecule has 0 aliphatic rings. The Morgan fingerprint density at radius 1 is 0.475 bits per heavy atom. The Morgan fingerprint density at radius 2 is 1.18 bits per heavy atom. The molecule has 0 aliphatic carbocycles. The molecule has 0 saturated carbocycles. The number of benzene rings is 6. The van der Waals surface area contributed by atoms with E-state index in [1.165, 1.54) is 5.39 Å². The fraction of sp³-hybridized carbons (Fsp3) is 0. The summed E-state index contributed by atoms with van der Waals surface area (Å²) >= 11 is 6.32. The molecular formula is C35H20ClN3O. The highest BCUT2D eigenvalue weighted by molar-refractivity contribution is 6.31. The van der Waals surface area contributed by atoms with Crippen molar-refractivity contribution < 1.29 is 4.42 Å². The summed E-state index contributed by atoms with van der Waals surface area (Å²) in [6, 6.07) is 40.7. The van der Waals surface area contributed by atoms with Crippen molar-refractivity contribution >= 4 is 55.1 Å². The maximum atomic E-state index is 6.32. The zero-order valence-corrected chi connectivity index (χ0v) is 21.9. The van der Waals surface area contributed by atoms with Crippen molar-refractivity contribution in [1.82, 2.24) is 15.0 Å². The summed E-state index contributed by atoms with van der Waals surface area (Å²) in [5.74, 6) is 1.81. The van der Waals surface area contributed by atoms with Crippen LogP contribution >= 0.6 is 11.6 Å². The van der Waals surface area contributed by atoms with Gasteiger partial charge in [-0.3, -0.25) is 0 Å². The van der Waals surface area contributed by atoms with Gasteiger partial charge in [-0.05, 0) is 51.9 Å². The summed E-state index contributed by atoms with van der Waals surface area (Å²) in [5, 5.41) is 7.07. The van der Waals surface area contributed by atoms with Crippen LogP contribution in [0.15, 0.2) is 126 Å². The number of nitrogens with zero attached hydrogens (tertiary/aromatic N) is 3. The third kappa shape index (κ3) is 3.73. The van der Waals surface area contributed by atoms with Crippen molar-refractivity contribution in [2.24, 2.45) is 0 Å². The Balaban J connectivity index is 1.43. The normalized spacial score (nSPS) is 11.6. The van der Waals surface area contributed by atoms with Crippen LogP contribution in [0, 0.1) is 0 Å². The van der Waals surface area contributed by atoms with E-state index < -0.39 is 0 Å². The Kier molecular flexibility index (Phi) is 5.15. The predicted octanol–water partition coefficient (Wildman–Crippen LogP) is 9.73. The molecule has 40 heavy (non-hydrogen) atoms. The summed E-state index contributed by atoms with van der Waals surface area (Å²) in [7, 11) is 0. The minimum absolute atomic E-state index is 0.594. The first-order chi connectivity index (χ1) is 19.7. The third-order valence-corrected chi connectivity index (χ3v) is 7.60. The fourth-order valence-electron chi connectivity index (χ4n) is 5.48. The van der Waals surface area contributed by atoms with Gasteiger partial charge in [-0.1, -0.05) is 103 Å². The average Bonchev–Trinajstić information content (AvgIpc) is 3.39. The van der Waals surface area contributed by atoms with Gasteiger partial charge in [0.2, 0.25) is 0 Å². The molecular weight excluding hydrogens is 514 g/mol. The van der Waals surface area contributed by atoms with Gasteiger partial charge in [-0.15, -0.1) is 0 Å². The second-order valence-electron chi connectivity index (χ2n) is 9.82. The molecule has 0 atom stereocenters. The van der Waals surface area contributed by atoms with E-state index in [-0.39, 0.29) is 0 Å². The van der Waals surface area contributed by atoms with E-state index in [4.69, 9.17) is 31.0 Å². The fourth-order valence-corrected chi connectivity index (χ4v) is 5.67. The number of fused-ring (bicyclic) bond motifs is 5. The highest BCUT2D eigenvalue weighted by Gasteiger charge is 2.18. The standard InChI is InChI=1S/C35H20ClN3O/c36-25-17-18-26-23(20-25)9-5-11-27(26)34-37-33(24-16-15-21-7-1-2-8-22(21)19-24)38-35(39-34)29-12-6-14-31-32(29)28-10-3-4-13-30(28)40-31/h1-20H. The molecule has 0 N–H and O–H groups in total. The first-order valence-corrected chi connectivity index (χ1v) is 13.4. The van der Waals surface area contributed by atoms with E-state index in [0.717, 1.165) is 54.8 Å². The predicted molar refractivity (Wildman–Crippen MR) is 163 cm³/mol. The van der Waals surface area contributed by atoms with Crippen LogP contribution in [0.25, 0.3) is 77.6 Å². The number of aromatic nitrogens is 3. The lowest BCUT2D eigenvalue weighted by Crippen LogP contribution is -2.01. The molecule has 0 bridgehead atoms. The molecule has 0 unspecified atom stereocenters. The van der Waals surface area contributed by atoms with E-state index in [1.54, 1.807) is 0 Å². The lowest BCUT2D eigenvalue weighted by atomic mass is 10.0. The van der Waals surface area contributed by atoms with Gasteiger partial charge in [0, 0.05) is 32.5 Å². The molecule has 8 rings (SSSR count). The summed E-state index contributed by atoms with van der Waals surface area (Å²) in [6.07, 6.45) is 0. The SMILES string of the molecule is Clc1ccc2c(-c3nc(-c4ccc5ccccc5c4)nc(-c4cccc5oc6ccccc6c45)n3)cccc2c1. The third-order valence-electron chi connectivity index (χ3n) is 7.37. The van der Waals surface area contributed by atoms with Crippen molar-refractivity contribution in [3.63, 3.8) is 0 Å². The molecule has 188 valence electrons. The summed E-state index contributed by atoms with van der Waals surface area (Å²) in [6.45, 7) is 0. The Morgan fingerprint density at radius 3 is 2.10 bits per heavy atom. The van der Waals surface area contributed by atoms with Crippen LogP contribution in [0.2, 0.25) is 5.02 Å². The molecule has 0 radical (unpaired) electrons. The first kappa shape index (κ1) is 22.9. The van der Waals surface area contributed by atoms with Crippen molar-refractivity contribution in [2.75, 3.05) is 0 Å². The van der Waals surface area contributed by atoms with Crippen molar-refractivity contribution in [3.8, 4) is 34.2 Å². The smallest absolute Gasteiger partial charge is 0.164 e. The van der Waals surface area contributed by atoms with Gasteiger partial charge in [0.05, 0.1) is 0 Å². The van der Waals surface area contributed by atoms with Crippen LogP contribution < -0.4 is 0 Å². The maximum absolute atomic E-state index is 6.32. The van der Waals surface area contributed by atoms with Gasteiger partial charge in [-0.25, -0.2) is 15.0 Å². The number of rotatable bonds is 3. The minimum atomic E-state index is 0.594. The van der Waals surface area contributed by atoms with Crippen LogP contribution in [0.3, 0.4) is 0 Å². The lowest BCUT2D eigenvalue weighted by Gasteiger charge is -2.11. The molecule has 5 heteroatoms. The largest absolute Gasteiger partial charge is 0.456 e. The highest BCUT2D eigenvalue weighted by Crippen LogP contribution is 2.37. The van der Waals surface area contributed by atoms with Crippen molar-refractivity contribution in [3.05, 3.63) is 126 Å². The van der Waals surface area contributed by atoms with Gasteiger partial charge in [0.15, 0.2) is 17.5 Å². The molecule has 0 amide bonds. The second-order valence-corrected chi connectivity index (χ2v) is 10.3. The molecule has 6 aromatic carbocycles. The van der Waals surface area contributed by atoms with Crippen LogP contribution in [0.1, 0.15) is 0 Å². The number of hydrogen-bond donors (Lipinski definition) is 0. The Hall–Kier alpha value is -5.06. The monoisotopic (exact) mass is 533 g/mol. The van der Waals surface area contributed by atoms with Gasteiger partial charge < -0.3 is 4.42 Å². The summed E-state index contributed by atoms with van der Waals surface area (Å²) < 4.78 is 6.18. The van der Waals surface area contributed by atoms with E-state index in [1.807, 2.05) is 72.8 Å². The molecule has 2 aromatic heterocycles. The number of furan rings is 1. The zero-order chi connectivity index (χ0) is 26.6. The number of para-hydroxylation sites is 1. The van der Waals surface area contributed by atoms with Gasteiger partial charge >= 0.3 is 0 Å². The average molecular weight is 534 g/mol. The van der Waals surface area contributed by atoms with E-state index in [2.05, 4.69) is 48.5 Å². The van der Waals surface area contributed by atoms with Crippen LogP contribution in [-0.2, 0) is 0 Å². The maximum Gasteiger partial charge on any atom is 0.164 e. The molecule has 4 nitrogen and oxygen atoms in total. The van der Waals surface area contributed by atoms with Crippen molar-refractivity contribution in [2.45, 2.75) is 0 Å².